The predicted molar refractivity (Wildman–Crippen MR) is 79.6 cm³/mol. The Morgan fingerprint density at radius 1 is 1.26 bits per heavy atom. The second kappa shape index (κ2) is 5.41. The largest absolute Gasteiger partial charge is 0.370 e. The van der Waals surface area contributed by atoms with Gasteiger partial charge in [-0.05, 0) is 49.7 Å². The number of nitrogens with two attached hydrogens (primary N) is 1. The number of benzene rings is 1. The molecule has 1 aromatic rings. The van der Waals surface area contributed by atoms with E-state index in [0.29, 0.717) is 24.0 Å². The van der Waals surface area contributed by atoms with Crippen LogP contribution in [-0.2, 0) is 0 Å². The van der Waals surface area contributed by atoms with Crippen LogP contribution in [0.1, 0.15) is 43.6 Å². The molecule has 4 heteroatoms. The van der Waals surface area contributed by atoms with Gasteiger partial charge >= 0.3 is 0 Å². The van der Waals surface area contributed by atoms with Crippen LogP contribution in [-0.4, -0.2) is 18.0 Å². The summed E-state index contributed by atoms with van der Waals surface area (Å²) in [4.78, 5) is 4.48. The van der Waals surface area contributed by atoms with Crippen molar-refractivity contribution in [1.29, 1.82) is 0 Å². The number of guanidine groups is 1. The van der Waals surface area contributed by atoms with E-state index < -0.39 is 0 Å². The monoisotopic (exact) mass is 277 g/mol. The Labute approximate surface area is 119 Å². The minimum atomic E-state index is 0.449. The molecule has 19 heavy (non-hydrogen) atoms. The molecule has 2 fully saturated rings. The van der Waals surface area contributed by atoms with Crippen molar-refractivity contribution >= 4 is 17.6 Å². The highest BCUT2D eigenvalue weighted by Gasteiger charge is 2.31. The van der Waals surface area contributed by atoms with Gasteiger partial charge in [0, 0.05) is 11.1 Å². The Hall–Kier alpha value is -1.22. The van der Waals surface area contributed by atoms with Crippen LogP contribution in [0.5, 0.6) is 0 Å². The van der Waals surface area contributed by atoms with Crippen molar-refractivity contribution in [3.05, 3.63) is 34.9 Å². The van der Waals surface area contributed by atoms with Crippen LogP contribution in [0.3, 0.4) is 0 Å². The molecule has 2 saturated carbocycles. The molecule has 3 N–H and O–H groups in total. The predicted octanol–water partition coefficient (Wildman–Crippen LogP) is 3.04. The van der Waals surface area contributed by atoms with Crippen LogP contribution in [0.2, 0.25) is 5.02 Å². The summed E-state index contributed by atoms with van der Waals surface area (Å²) >= 11 is 6.21. The van der Waals surface area contributed by atoms with E-state index in [1.807, 2.05) is 18.2 Å². The van der Waals surface area contributed by atoms with Crippen LogP contribution in [0.25, 0.3) is 0 Å². The molecule has 0 saturated heterocycles. The standard InChI is InChI=1S/C15H20ClN3/c16-14-7-2-1-6-13(14)10-8-12(9-10)19-15(17)18-11-4-3-5-11/h1-2,6-7,10-12H,3-5,8-9H2,(H3,17,18,19). The normalized spacial score (nSPS) is 27.5. The van der Waals surface area contributed by atoms with Gasteiger partial charge in [0.25, 0.3) is 0 Å². The Morgan fingerprint density at radius 2 is 2.00 bits per heavy atom. The highest BCUT2D eigenvalue weighted by atomic mass is 35.5. The molecule has 3 rings (SSSR count). The zero-order valence-corrected chi connectivity index (χ0v) is 11.7. The van der Waals surface area contributed by atoms with Gasteiger partial charge in [-0.2, -0.15) is 0 Å². The second-order valence-corrected chi connectivity index (χ2v) is 6.04. The fourth-order valence-electron chi connectivity index (χ4n) is 2.75. The van der Waals surface area contributed by atoms with Gasteiger partial charge in [-0.15, -0.1) is 0 Å². The van der Waals surface area contributed by atoms with Gasteiger partial charge in [-0.25, -0.2) is 0 Å². The van der Waals surface area contributed by atoms with E-state index in [-0.39, 0.29) is 0 Å². The highest BCUT2D eigenvalue weighted by Crippen LogP contribution is 2.39. The van der Waals surface area contributed by atoms with Gasteiger partial charge in [0.15, 0.2) is 5.96 Å². The van der Waals surface area contributed by atoms with Crippen molar-refractivity contribution in [1.82, 2.24) is 5.32 Å². The molecule has 0 atom stereocenters. The molecule has 0 amide bonds. The summed E-state index contributed by atoms with van der Waals surface area (Å²) in [5, 5.41) is 4.20. The number of nitrogens with zero attached hydrogens (tertiary/aromatic N) is 1. The molecule has 0 radical (unpaired) electrons. The first-order valence-corrected chi connectivity index (χ1v) is 7.44. The molecule has 0 spiro atoms. The molecule has 1 aromatic carbocycles. The van der Waals surface area contributed by atoms with Crippen molar-refractivity contribution in [3.63, 3.8) is 0 Å². The lowest BCUT2D eigenvalue weighted by Crippen LogP contribution is -2.47. The lowest BCUT2D eigenvalue weighted by molar-refractivity contribution is 0.322. The first kappa shape index (κ1) is 12.8. The van der Waals surface area contributed by atoms with Crippen molar-refractivity contribution in [2.75, 3.05) is 0 Å². The Bertz CT molecular complexity index is 476. The summed E-state index contributed by atoms with van der Waals surface area (Å²) in [7, 11) is 0. The van der Waals surface area contributed by atoms with Gasteiger partial charge in [0.1, 0.15) is 0 Å². The van der Waals surface area contributed by atoms with Gasteiger partial charge < -0.3 is 11.1 Å². The molecule has 2 aliphatic carbocycles. The van der Waals surface area contributed by atoms with Crippen LogP contribution in [0.15, 0.2) is 29.3 Å². The number of aliphatic imine (C=N–C) groups is 1. The van der Waals surface area contributed by atoms with E-state index in [0.717, 1.165) is 17.9 Å². The van der Waals surface area contributed by atoms with Crippen LogP contribution in [0, 0.1) is 0 Å². The van der Waals surface area contributed by atoms with E-state index in [1.54, 1.807) is 0 Å². The second-order valence-electron chi connectivity index (χ2n) is 5.63. The zero-order chi connectivity index (χ0) is 13.2. The molecule has 0 aromatic heterocycles. The molecule has 0 unspecified atom stereocenters. The molecule has 0 heterocycles. The van der Waals surface area contributed by atoms with Crippen LogP contribution < -0.4 is 11.1 Å². The summed E-state index contributed by atoms with van der Waals surface area (Å²) in [6, 6.07) is 9.02. The third-order valence-corrected chi connectivity index (χ3v) is 4.58. The molecule has 0 bridgehead atoms. The van der Waals surface area contributed by atoms with E-state index in [1.165, 1.54) is 24.8 Å². The summed E-state index contributed by atoms with van der Waals surface area (Å²) in [6.45, 7) is 0. The SMILES string of the molecule is NC(=NC1CCC1)NC1CC(c2ccccc2Cl)C1. The van der Waals surface area contributed by atoms with Gasteiger partial charge in [-0.1, -0.05) is 29.8 Å². The Kier molecular flexibility index (Phi) is 3.65. The average molecular weight is 278 g/mol. The first-order chi connectivity index (χ1) is 9.22. The van der Waals surface area contributed by atoms with Crippen molar-refractivity contribution in [2.24, 2.45) is 10.7 Å². The fourth-order valence-corrected chi connectivity index (χ4v) is 3.04. The molecule has 2 aliphatic rings. The van der Waals surface area contributed by atoms with Gasteiger partial charge in [-0.3, -0.25) is 4.99 Å². The average Bonchev–Trinajstić information content (AvgIpc) is 2.29. The van der Waals surface area contributed by atoms with Gasteiger partial charge in [0.05, 0.1) is 6.04 Å². The maximum atomic E-state index is 6.21. The zero-order valence-electron chi connectivity index (χ0n) is 11.0. The summed E-state index contributed by atoms with van der Waals surface area (Å²) in [5.74, 6) is 1.18. The van der Waals surface area contributed by atoms with E-state index in [4.69, 9.17) is 17.3 Å². The maximum Gasteiger partial charge on any atom is 0.189 e. The Balaban J connectivity index is 1.50. The summed E-state index contributed by atoms with van der Waals surface area (Å²) < 4.78 is 0. The quantitative estimate of drug-likeness (QED) is 0.659. The Morgan fingerprint density at radius 3 is 2.63 bits per heavy atom. The van der Waals surface area contributed by atoms with Crippen LogP contribution in [0.4, 0.5) is 0 Å². The lowest BCUT2D eigenvalue weighted by Gasteiger charge is -2.37. The minimum Gasteiger partial charge on any atom is -0.370 e. The van der Waals surface area contributed by atoms with E-state index in [2.05, 4.69) is 16.4 Å². The topological polar surface area (TPSA) is 50.4 Å². The number of rotatable bonds is 3. The fraction of sp³-hybridized carbons (Fsp3) is 0.533. The van der Waals surface area contributed by atoms with E-state index in [9.17, 15) is 0 Å². The maximum absolute atomic E-state index is 6.21. The third-order valence-electron chi connectivity index (χ3n) is 4.23. The molecular formula is C15H20ClN3. The minimum absolute atomic E-state index is 0.449. The van der Waals surface area contributed by atoms with E-state index >= 15 is 0 Å². The summed E-state index contributed by atoms with van der Waals surface area (Å²) in [5.41, 5.74) is 7.18. The van der Waals surface area contributed by atoms with Gasteiger partial charge in [0.2, 0.25) is 0 Å². The lowest BCUT2D eigenvalue weighted by atomic mass is 9.76. The molecule has 102 valence electrons. The van der Waals surface area contributed by atoms with Crippen molar-refractivity contribution in [2.45, 2.75) is 50.1 Å². The smallest absolute Gasteiger partial charge is 0.189 e. The summed E-state index contributed by atoms with van der Waals surface area (Å²) in [6.07, 6.45) is 5.85. The molecule has 3 nitrogen and oxygen atoms in total. The number of hydrogen-bond acceptors (Lipinski definition) is 1. The van der Waals surface area contributed by atoms with Crippen molar-refractivity contribution in [3.8, 4) is 0 Å². The number of nitrogens with one attached hydrogen (secondary N) is 1. The number of halogens is 1. The highest BCUT2D eigenvalue weighted by molar-refractivity contribution is 6.31. The number of hydrogen-bond donors (Lipinski definition) is 2. The van der Waals surface area contributed by atoms with Crippen molar-refractivity contribution < 1.29 is 0 Å². The third kappa shape index (κ3) is 2.86. The first-order valence-electron chi connectivity index (χ1n) is 7.06. The van der Waals surface area contributed by atoms with Crippen LogP contribution >= 0.6 is 11.6 Å². The molecular weight excluding hydrogens is 258 g/mol. The molecule has 0 aliphatic heterocycles.